The summed E-state index contributed by atoms with van der Waals surface area (Å²) in [4.78, 5) is 40.3. The molecule has 2 unspecified atom stereocenters. The summed E-state index contributed by atoms with van der Waals surface area (Å²) in [7, 11) is 0. The SMILES string of the molecule is CCOC(=O)CC1CC2(CCN(C(=O)C(COCc3c(F)cccc3F)NC(=O)C(C)(C)N)CC2)c2ccccc21. The molecule has 0 aromatic heterocycles. The monoisotopic (exact) mass is 571 g/mol. The van der Waals surface area contributed by atoms with E-state index in [4.69, 9.17) is 15.2 Å². The molecule has 2 aromatic rings. The smallest absolute Gasteiger partial charge is 0.306 e. The van der Waals surface area contributed by atoms with Crippen LogP contribution in [0.15, 0.2) is 42.5 Å². The maximum Gasteiger partial charge on any atom is 0.306 e. The lowest BCUT2D eigenvalue weighted by molar-refractivity contribution is -0.143. The van der Waals surface area contributed by atoms with Crippen molar-refractivity contribution >= 4 is 17.8 Å². The van der Waals surface area contributed by atoms with Gasteiger partial charge in [0.05, 0.1) is 31.8 Å². The first-order valence-corrected chi connectivity index (χ1v) is 14.1. The maximum atomic E-state index is 14.1. The number of nitrogens with two attached hydrogens (primary N) is 1. The van der Waals surface area contributed by atoms with E-state index in [9.17, 15) is 23.2 Å². The molecule has 3 N–H and O–H groups in total. The number of nitrogens with zero attached hydrogens (tertiary/aromatic N) is 1. The zero-order chi connectivity index (χ0) is 29.8. The first-order valence-electron chi connectivity index (χ1n) is 14.1. The number of rotatable bonds is 10. The molecule has 1 aliphatic carbocycles. The molecule has 10 heteroatoms. The standard InChI is InChI=1S/C31H39F2N3O5/c1-4-41-27(37)16-20-17-31(23-9-6-5-8-21(20)23)12-14-36(15-13-31)28(38)26(35-29(39)30(2,3)34)19-40-18-22-24(32)10-7-11-25(22)33/h5-11,20,26H,4,12-19,34H2,1-3H3,(H,35,39). The molecule has 1 spiro atoms. The Morgan fingerprint density at radius 2 is 1.76 bits per heavy atom. The van der Waals surface area contributed by atoms with E-state index < -0.39 is 35.7 Å². The molecule has 1 fully saturated rings. The molecule has 41 heavy (non-hydrogen) atoms. The van der Waals surface area contributed by atoms with Gasteiger partial charge in [0.2, 0.25) is 11.8 Å². The number of hydrogen-bond acceptors (Lipinski definition) is 6. The Balaban J connectivity index is 1.45. The van der Waals surface area contributed by atoms with Gasteiger partial charge >= 0.3 is 5.97 Å². The number of benzene rings is 2. The van der Waals surface area contributed by atoms with Gasteiger partial charge in [-0.05, 0) is 74.6 Å². The number of carbonyl (C=O) groups is 3. The molecular weight excluding hydrogens is 532 g/mol. The summed E-state index contributed by atoms with van der Waals surface area (Å²) >= 11 is 0. The van der Waals surface area contributed by atoms with Crippen molar-refractivity contribution in [3.63, 3.8) is 0 Å². The molecule has 2 aromatic carbocycles. The number of carbonyl (C=O) groups excluding carboxylic acids is 3. The van der Waals surface area contributed by atoms with Crippen molar-refractivity contribution in [3.8, 4) is 0 Å². The third-order valence-electron chi connectivity index (χ3n) is 8.14. The minimum atomic E-state index is -1.25. The molecule has 222 valence electrons. The van der Waals surface area contributed by atoms with Gasteiger partial charge in [-0.1, -0.05) is 30.3 Å². The largest absolute Gasteiger partial charge is 0.466 e. The average molecular weight is 572 g/mol. The molecule has 2 atom stereocenters. The van der Waals surface area contributed by atoms with Crippen LogP contribution in [0.2, 0.25) is 0 Å². The van der Waals surface area contributed by atoms with Gasteiger partial charge in [-0.3, -0.25) is 14.4 Å². The third-order valence-corrected chi connectivity index (χ3v) is 8.14. The minimum Gasteiger partial charge on any atom is -0.466 e. The van der Waals surface area contributed by atoms with E-state index in [2.05, 4.69) is 17.4 Å². The van der Waals surface area contributed by atoms with Crippen molar-refractivity contribution in [1.82, 2.24) is 10.2 Å². The van der Waals surface area contributed by atoms with Crippen molar-refractivity contribution < 1.29 is 32.6 Å². The van der Waals surface area contributed by atoms with Crippen LogP contribution in [-0.4, -0.2) is 60.6 Å². The maximum absolute atomic E-state index is 14.1. The highest BCUT2D eigenvalue weighted by Crippen LogP contribution is 2.52. The molecule has 4 rings (SSSR count). The van der Waals surface area contributed by atoms with Crippen LogP contribution in [0.3, 0.4) is 0 Å². The lowest BCUT2D eigenvalue weighted by atomic mass is 9.73. The summed E-state index contributed by atoms with van der Waals surface area (Å²) in [6, 6.07) is 10.6. The average Bonchev–Trinajstić information content (AvgIpc) is 3.21. The molecular formula is C31H39F2N3O5. The second-order valence-corrected chi connectivity index (χ2v) is 11.6. The molecule has 1 heterocycles. The van der Waals surface area contributed by atoms with E-state index in [1.54, 1.807) is 11.8 Å². The number of nitrogens with one attached hydrogen (secondary N) is 1. The molecule has 8 nitrogen and oxygen atoms in total. The highest BCUT2D eigenvalue weighted by atomic mass is 19.1. The van der Waals surface area contributed by atoms with Crippen LogP contribution in [0.5, 0.6) is 0 Å². The number of likely N-dealkylation sites (tertiary alicyclic amines) is 1. The lowest BCUT2D eigenvalue weighted by Gasteiger charge is -2.41. The Bertz CT molecular complexity index is 1250. The van der Waals surface area contributed by atoms with Crippen LogP contribution in [0.1, 0.15) is 69.1 Å². The van der Waals surface area contributed by atoms with Crippen LogP contribution in [0.25, 0.3) is 0 Å². The van der Waals surface area contributed by atoms with E-state index in [0.717, 1.165) is 24.1 Å². The molecule has 2 amide bonds. The van der Waals surface area contributed by atoms with Crippen molar-refractivity contribution in [1.29, 1.82) is 0 Å². The number of amides is 2. The molecule has 0 saturated carbocycles. The number of piperidine rings is 1. The lowest BCUT2D eigenvalue weighted by Crippen LogP contribution is -2.59. The van der Waals surface area contributed by atoms with Gasteiger partial charge in [-0.2, -0.15) is 0 Å². The highest BCUT2D eigenvalue weighted by molar-refractivity contribution is 5.91. The van der Waals surface area contributed by atoms with Crippen molar-refractivity contribution in [2.45, 2.75) is 76.0 Å². The fourth-order valence-electron chi connectivity index (χ4n) is 5.95. The van der Waals surface area contributed by atoms with E-state index in [-0.39, 0.29) is 35.4 Å². The van der Waals surface area contributed by atoms with Gasteiger partial charge in [0.1, 0.15) is 17.7 Å². The fraction of sp³-hybridized carbons (Fsp3) is 0.516. The van der Waals surface area contributed by atoms with Gasteiger partial charge in [0.15, 0.2) is 0 Å². The van der Waals surface area contributed by atoms with Gasteiger partial charge in [-0.15, -0.1) is 0 Å². The first kappa shape index (κ1) is 30.6. The molecule has 1 aliphatic heterocycles. The topological polar surface area (TPSA) is 111 Å². The van der Waals surface area contributed by atoms with Crippen molar-refractivity contribution in [2.24, 2.45) is 5.73 Å². The molecule has 2 aliphatic rings. The van der Waals surface area contributed by atoms with Crippen LogP contribution < -0.4 is 11.1 Å². The Kier molecular flexibility index (Phi) is 9.44. The van der Waals surface area contributed by atoms with Gasteiger partial charge in [0, 0.05) is 18.7 Å². The zero-order valence-corrected chi connectivity index (χ0v) is 23.9. The summed E-state index contributed by atoms with van der Waals surface area (Å²) in [5, 5.41) is 2.67. The van der Waals surface area contributed by atoms with Gasteiger partial charge in [-0.25, -0.2) is 8.78 Å². The number of esters is 1. The third kappa shape index (κ3) is 6.93. The van der Waals surface area contributed by atoms with Crippen molar-refractivity contribution in [2.75, 3.05) is 26.3 Å². The summed E-state index contributed by atoms with van der Waals surface area (Å²) in [6.07, 6.45) is 2.50. The second-order valence-electron chi connectivity index (χ2n) is 11.6. The van der Waals surface area contributed by atoms with Crippen molar-refractivity contribution in [3.05, 3.63) is 70.8 Å². The summed E-state index contributed by atoms with van der Waals surface area (Å²) in [6.45, 7) is 5.39. The summed E-state index contributed by atoms with van der Waals surface area (Å²) in [5.41, 5.74) is 6.66. The number of ether oxygens (including phenoxy) is 2. The quantitative estimate of drug-likeness (QED) is 0.421. The summed E-state index contributed by atoms with van der Waals surface area (Å²) < 4.78 is 38.9. The van der Waals surface area contributed by atoms with E-state index >= 15 is 0 Å². The predicted molar refractivity (Wildman–Crippen MR) is 149 cm³/mol. The number of hydrogen-bond donors (Lipinski definition) is 2. The Morgan fingerprint density at radius 1 is 1.10 bits per heavy atom. The number of fused-ring (bicyclic) bond motifs is 2. The summed E-state index contributed by atoms with van der Waals surface area (Å²) in [5.74, 6) is -2.55. The Labute approximate surface area is 239 Å². The van der Waals surface area contributed by atoms with Crippen LogP contribution in [-0.2, 0) is 35.9 Å². The van der Waals surface area contributed by atoms with Crippen LogP contribution in [0.4, 0.5) is 8.78 Å². The van der Waals surface area contributed by atoms with E-state index in [1.165, 1.54) is 25.5 Å². The van der Waals surface area contributed by atoms with E-state index in [1.807, 2.05) is 12.1 Å². The van der Waals surface area contributed by atoms with Crippen LogP contribution in [0, 0.1) is 11.6 Å². The Hall–Kier alpha value is -3.37. The minimum absolute atomic E-state index is 0.0542. The highest BCUT2D eigenvalue weighted by Gasteiger charge is 2.47. The Morgan fingerprint density at radius 3 is 2.39 bits per heavy atom. The van der Waals surface area contributed by atoms with Crippen LogP contribution >= 0.6 is 0 Å². The zero-order valence-electron chi connectivity index (χ0n) is 23.9. The first-order chi connectivity index (χ1) is 19.4. The fourth-order valence-corrected chi connectivity index (χ4v) is 5.95. The van der Waals surface area contributed by atoms with E-state index in [0.29, 0.717) is 39.0 Å². The van der Waals surface area contributed by atoms with Gasteiger partial charge in [0.25, 0.3) is 0 Å². The van der Waals surface area contributed by atoms with Gasteiger partial charge < -0.3 is 25.4 Å². The molecule has 0 radical (unpaired) electrons. The molecule has 1 saturated heterocycles. The second kappa shape index (κ2) is 12.7. The molecule has 0 bridgehead atoms. The number of halogens is 2. The normalized spacial score (nSPS) is 18.6. The predicted octanol–water partition coefficient (Wildman–Crippen LogP) is 3.70.